The van der Waals surface area contributed by atoms with Crippen molar-refractivity contribution in [1.29, 1.82) is 0 Å². The zero-order valence-electron chi connectivity index (χ0n) is 9.15. The van der Waals surface area contributed by atoms with Crippen molar-refractivity contribution in [2.24, 2.45) is 0 Å². The molecule has 16 heavy (non-hydrogen) atoms. The number of nitrogens with one attached hydrogen (secondary N) is 1. The van der Waals surface area contributed by atoms with Gasteiger partial charge in [-0.3, -0.25) is 0 Å². The summed E-state index contributed by atoms with van der Waals surface area (Å²) < 4.78 is 0. The molecule has 1 aromatic carbocycles. The van der Waals surface area contributed by atoms with E-state index in [0.29, 0.717) is 6.54 Å². The van der Waals surface area contributed by atoms with Crippen LogP contribution in [0.5, 0.6) is 0 Å². The van der Waals surface area contributed by atoms with E-state index < -0.39 is 6.09 Å². The summed E-state index contributed by atoms with van der Waals surface area (Å²) in [5.41, 5.74) is 2.20. The van der Waals surface area contributed by atoms with E-state index in [1.54, 1.807) is 0 Å². The smallest absolute Gasteiger partial charge is 0.404 e. The Hall–Kier alpha value is -1.71. The monoisotopic (exact) mass is 220 g/mol. The van der Waals surface area contributed by atoms with E-state index in [1.807, 2.05) is 12.1 Å². The fraction of sp³-hybridized carbons (Fsp3) is 0.417. The zero-order chi connectivity index (χ0) is 11.4. The number of nitrogens with zero attached hydrogens (tertiary/aromatic N) is 1. The third-order valence-corrected chi connectivity index (χ3v) is 2.83. The van der Waals surface area contributed by atoms with Crippen molar-refractivity contribution < 1.29 is 9.90 Å². The zero-order valence-corrected chi connectivity index (χ0v) is 9.15. The number of amides is 1. The predicted molar refractivity (Wildman–Crippen MR) is 62.8 cm³/mol. The van der Waals surface area contributed by atoms with Crippen LogP contribution in [0.1, 0.15) is 18.4 Å². The number of benzene rings is 1. The molecule has 1 saturated heterocycles. The highest BCUT2D eigenvalue weighted by molar-refractivity contribution is 5.64. The molecular formula is C12H16N2O2. The minimum absolute atomic E-state index is 0.372. The van der Waals surface area contributed by atoms with Crippen molar-refractivity contribution in [2.45, 2.75) is 19.4 Å². The lowest BCUT2D eigenvalue weighted by molar-refractivity contribution is 0.194. The van der Waals surface area contributed by atoms with Crippen LogP contribution in [0.2, 0.25) is 0 Å². The third kappa shape index (κ3) is 2.66. The second-order valence-electron chi connectivity index (χ2n) is 4.02. The van der Waals surface area contributed by atoms with Crippen LogP contribution in [0.15, 0.2) is 24.3 Å². The van der Waals surface area contributed by atoms with Crippen LogP contribution < -0.4 is 10.2 Å². The number of carbonyl (C=O) groups is 1. The normalized spacial score (nSPS) is 15.1. The number of rotatable bonds is 3. The number of anilines is 1. The van der Waals surface area contributed by atoms with E-state index >= 15 is 0 Å². The summed E-state index contributed by atoms with van der Waals surface area (Å²) >= 11 is 0. The van der Waals surface area contributed by atoms with E-state index in [1.165, 1.54) is 18.5 Å². The summed E-state index contributed by atoms with van der Waals surface area (Å²) in [5, 5.41) is 10.9. The fourth-order valence-electron chi connectivity index (χ4n) is 2.02. The van der Waals surface area contributed by atoms with Crippen LogP contribution in [-0.2, 0) is 6.54 Å². The van der Waals surface area contributed by atoms with Crippen molar-refractivity contribution in [1.82, 2.24) is 5.32 Å². The lowest BCUT2D eigenvalue weighted by atomic mass is 10.2. The Balaban J connectivity index is 2.03. The van der Waals surface area contributed by atoms with Crippen molar-refractivity contribution in [3.63, 3.8) is 0 Å². The van der Waals surface area contributed by atoms with E-state index in [-0.39, 0.29) is 0 Å². The van der Waals surface area contributed by atoms with Crippen molar-refractivity contribution >= 4 is 11.8 Å². The molecule has 1 fully saturated rings. The molecule has 0 radical (unpaired) electrons. The molecule has 1 aliphatic heterocycles. The Labute approximate surface area is 94.9 Å². The van der Waals surface area contributed by atoms with Crippen molar-refractivity contribution in [3.05, 3.63) is 29.8 Å². The quantitative estimate of drug-likeness (QED) is 0.819. The van der Waals surface area contributed by atoms with E-state index in [4.69, 9.17) is 5.11 Å². The average molecular weight is 220 g/mol. The first kappa shape index (κ1) is 10.8. The molecule has 4 heteroatoms. The first-order valence-corrected chi connectivity index (χ1v) is 5.56. The summed E-state index contributed by atoms with van der Waals surface area (Å²) in [6.07, 6.45) is 1.52. The van der Waals surface area contributed by atoms with E-state index in [9.17, 15) is 4.79 Å². The molecule has 86 valence electrons. The molecule has 1 amide bonds. The Morgan fingerprint density at radius 2 is 2.12 bits per heavy atom. The third-order valence-electron chi connectivity index (χ3n) is 2.83. The van der Waals surface area contributed by atoms with Crippen LogP contribution in [0, 0.1) is 0 Å². The Kier molecular flexibility index (Phi) is 3.29. The number of hydrogen-bond acceptors (Lipinski definition) is 2. The van der Waals surface area contributed by atoms with Gasteiger partial charge in [0.05, 0.1) is 0 Å². The van der Waals surface area contributed by atoms with Gasteiger partial charge in [0.1, 0.15) is 0 Å². The van der Waals surface area contributed by atoms with Gasteiger partial charge in [0.25, 0.3) is 0 Å². The second kappa shape index (κ2) is 4.88. The van der Waals surface area contributed by atoms with Crippen LogP contribution >= 0.6 is 0 Å². The van der Waals surface area contributed by atoms with Crippen molar-refractivity contribution in [2.75, 3.05) is 18.0 Å². The van der Waals surface area contributed by atoms with Gasteiger partial charge < -0.3 is 15.3 Å². The Bertz CT molecular complexity index is 373. The van der Waals surface area contributed by atoms with E-state index in [2.05, 4.69) is 22.3 Å². The first-order chi connectivity index (χ1) is 7.75. The molecule has 0 bridgehead atoms. The lowest BCUT2D eigenvalue weighted by Crippen LogP contribution is -2.21. The summed E-state index contributed by atoms with van der Waals surface area (Å²) in [6.45, 7) is 2.59. The van der Waals surface area contributed by atoms with Gasteiger partial charge in [0.15, 0.2) is 0 Å². The summed E-state index contributed by atoms with van der Waals surface area (Å²) in [7, 11) is 0. The fourth-order valence-corrected chi connectivity index (χ4v) is 2.02. The van der Waals surface area contributed by atoms with Crippen molar-refractivity contribution in [3.8, 4) is 0 Å². The molecule has 4 nitrogen and oxygen atoms in total. The average Bonchev–Trinajstić information content (AvgIpc) is 2.80. The van der Waals surface area contributed by atoms with Gasteiger partial charge in [0, 0.05) is 25.3 Å². The SMILES string of the molecule is O=C(O)NCc1cccc(N2CCCC2)c1. The van der Waals surface area contributed by atoms with Gasteiger partial charge >= 0.3 is 6.09 Å². The second-order valence-corrected chi connectivity index (χ2v) is 4.02. The van der Waals surface area contributed by atoms with Gasteiger partial charge in [0.2, 0.25) is 0 Å². The van der Waals surface area contributed by atoms with Crippen LogP contribution in [0.3, 0.4) is 0 Å². The highest BCUT2D eigenvalue weighted by atomic mass is 16.4. The summed E-state index contributed by atoms with van der Waals surface area (Å²) in [5.74, 6) is 0. The van der Waals surface area contributed by atoms with Crippen LogP contribution in [0.4, 0.5) is 10.5 Å². The largest absolute Gasteiger partial charge is 0.465 e. The molecule has 0 unspecified atom stereocenters. The van der Waals surface area contributed by atoms with Gasteiger partial charge in [-0.25, -0.2) is 4.79 Å². The minimum atomic E-state index is -0.980. The molecule has 2 rings (SSSR count). The van der Waals surface area contributed by atoms with Crippen LogP contribution in [-0.4, -0.2) is 24.3 Å². The maximum atomic E-state index is 10.4. The molecule has 1 heterocycles. The summed E-state index contributed by atoms with van der Waals surface area (Å²) in [6, 6.07) is 8.05. The molecule has 0 saturated carbocycles. The molecule has 1 aliphatic rings. The molecule has 0 spiro atoms. The molecule has 0 aliphatic carbocycles. The molecule has 0 aromatic heterocycles. The topological polar surface area (TPSA) is 52.6 Å². The van der Waals surface area contributed by atoms with Gasteiger partial charge in [-0.2, -0.15) is 0 Å². The predicted octanol–water partition coefficient (Wildman–Crippen LogP) is 2.05. The highest BCUT2D eigenvalue weighted by Gasteiger charge is 2.12. The van der Waals surface area contributed by atoms with Crippen LogP contribution in [0.25, 0.3) is 0 Å². The Morgan fingerprint density at radius 3 is 2.81 bits per heavy atom. The first-order valence-electron chi connectivity index (χ1n) is 5.56. The molecule has 0 atom stereocenters. The summed E-state index contributed by atoms with van der Waals surface area (Å²) in [4.78, 5) is 12.7. The van der Waals surface area contributed by atoms with E-state index in [0.717, 1.165) is 18.7 Å². The number of carboxylic acid groups (broad SMARTS) is 1. The Morgan fingerprint density at radius 1 is 1.38 bits per heavy atom. The van der Waals surface area contributed by atoms with Gasteiger partial charge in [-0.05, 0) is 30.5 Å². The maximum Gasteiger partial charge on any atom is 0.404 e. The highest BCUT2D eigenvalue weighted by Crippen LogP contribution is 2.20. The molecule has 1 aromatic rings. The maximum absolute atomic E-state index is 10.4. The molecule has 2 N–H and O–H groups in total. The minimum Gasteiger partial charge on any atom is -0.465 e. The number of hydrogen-bond donors (Lipinski definition) is 2. The standard InChI is InChI=1S/C12H16N2O2/c15-12(16)13-9-10-4-3-5-11(8-10)14-6-1-2-7-14/h3-5,8,13H,1-2,6-7,9H2,(H,15,16). The lowest BCUT2D eigenvalue weighted by Gasteiger charge is -2.18. The molecular weight excluding hydrogens is 204 g/mol. The van der Waals surface area contributed by atoms with Gasteiger partial charge in [-0.15, -0.1) is 0 Å². The van der Waals surface area contributed by atoms with Gasteiger partial charge in [-0.1, -0.05) is 12.1 Å².